The maximum absolute atomic E-state index is 4.92. The number of piperazine rings is 1. The number of hydrogen-bond donors (Lipinski definition) is 0. The van der Waals surface area contributed by atoms with E-state index in [-0.39, 0.29) is 24.8 Å². The third-order valence-corrected chi connectivity index (χ3v) is 5.45. The summed E-state index contributed by atoms with van der Waals surface area (Å²) in [6.07, 6.45) is 1.88. The van der Waals surface area contributed by atoms with Crippen LogP contribution >= 0.6 is 36.2 Å². The van der Waals surface area contributed by atoms with Gasteiger partial charge in [0.25, 0.3) is 0 Å². The number of thiazole rings is 1. The van der Waals surface area contributed by atoms with Crippen LogP contribution < -0.4 is 4.90 Å². The Labute approximate surface area is 163 Å². The Morgan fingerprint density at radius 1 is 0.880 bits per heavy atom. The lowest BCUT2D eigenvalue weighted by Crippen LogP contribution is -2.48. The number of rotatable bonds is 1. The van der Waals surface area contributed by atoms with Gasteiger partial charge in [0.15, 0.2) is 5.13 Å². The van der Waals surface area contributed by atoms with Crippen LogP contribution in [0.2, 0.25) is 0 Å². The molecule has 3 heterocycles. The Morgan fingerprint density at radius 2 is 1.60 bits per heavy atom. The Hall–Kier alpha value is -1.82. The number of aromatic nitrogens is 1. The number of anilines is 1. The molecule has 2 aliphatic heterocycles. The summed E-state index contributed by atoms with van der Waals surface area (Å²) in [5.41, 5.74) is 2.39. The van der Waals surface area contributed by atoms with Crippen LogP contribution in [0, 0.1) is 0 Å². The Bertz CT molecular complexity index is 897. The zero-order chi connectivity index (χ0) is 15.2. The second-order valence-corrected chi connectivity index (χ2v) is 6.78. The Kier molecular flexibility index (Phi) is 5.18. The average molecular weight is 393 g/mol. The highest BCUT2D eigenvalue weighted by Crippen LogP contribution is 2.36. The molecule has 4 nitrogen and oxygen atoms in total. The van der Waals surface area contributed by atoms with E-state index >= 15 is 0 Å². The van der Waals surface area contributed by atoms with Crippen molar-refractivity contribution >= 4 is 63.6 Å². The molecular weight excluding hydrogens is 375 g/mol. The minimum Gasteiger partial charge on any atom is -0.353 e. The normalized spacial score (nSPS) is 15.6. The van der Waals surface area contributed by atoms with Crippen molar-refractivity contribution in [2.75, 3.05) is 31.1 Å². The van der Waals surface area contributed by atoms with Crippen LogP contribution in [0.4, 0.5) is 10.8 Å². The van der Waals surface area contributed by atoms with Crippen LogP contribution in [-0.2, 0) is 0 Å². The van der Waals surface area contributed by atoms with Crippen LogP contribution in [0.15, 0.2) is 53.0 Å². The van der Waals surface area contributed by atoms with Gasteiger partial charge in [-0.1, -0.05) is 30.3 Å². The highest BCUT2D eigenvalue weighted by atomic mass is 35.5. The van der Waals surface area contributed by atoms with Crippen LogP contribution in [0.1, 0.15) is 5.56 Å². The predicted octanol–water partition coefficient (Wildman–Crippen LogP) is 4.35. The van der Waals surface area contributed by atoms with Crippen LogP contribution in [0.5, 0.6) is 0 Å². The molecule has 1 saturated heterocycles. The van der Waals surface area contributed by atoms with Crippen molar-refractivity contribution in [1.29, 1.82) is 0 Å². The zero-order valence-electron chi connectivity index (χ0n) is 13.5. The summed E-state index contributed by atoms with van der Waals surface area (Å²) in [5, 5.41) is 5.75. The van der Waals surface area contributed by atoms with E-state index < -0.39 is 0 Å². The van der Waals surface area contributed by atoms with E-state index in [2.05, 4.69) is 51.2 Å². The molecule has 0 N–H and O–H groups in total. The van der Waals surface area contributed by atoms with Crippen molar-refractivity contribution in [3.05, 3.63) is 53.5 Å². The maximum atomic E-state index is 4.92. The topological polar surface area (TPSA) is 31.7 Å². The van der Waals surface area contributed by atoms with Crippen LogP contribution in [0.3, 0.4) is 0 Å². The minimum atomic E-state index is 0. The summed E-state index contributed by atoms with van der Waals surface area (Å²) in [6, 6.07) is 12.9. The number of amidine groups is 1. The number of hydrogen-bond acceptors (Lipinski definition) is 5. The highest BCUT2D eigenvalue weighted by Gasteiger charge is 2.26. The van der Waals surface area contributed by atoms with E-state index in [0.29, 0.717) is 0 Å². The molecule has 0 amide bonds. The lowest BCUT2D eigenvalue weighted by molar-refractivity contribution is 0.387. The number of halogens is 2. The van der Waals surface area contributed by atoms with Crippen molar-refractivity contribution in [3.63, 3.8) is 0 Å². The van der Waals surface area contributed by atoms with Gasteiger partial charge < -0.3 is 9.80 Å². The Balaban J connectivity index is 0.000000911. The van der Waals surface area contributed by atoms with Gasteiger partial charge in [0.05, 0.1) is 5.69 Å². The Morgan fingerprint density at radius 3 is 2.32 bits per heavy atom. The first-order valence-electron chi connectivity index (χ1n) is 7.90. The molecule has 1 fully saturated rings. The first-order valence-corrected chi connectivity index (χ1v) is 8.78. The molecule has 0 radical (unpaired) electrons. The van der Waals surface area contributed by atoms with E-state index in [1.54, 1.807) is 11.3 Å². The van der Waals surface area contributed by atoms with Crippen molar-refractivity contribution < 1.29 is 0 Å². The molecule has 0 atom stereocenters. The van der Waals surface area contributed by atoms with E-state index in [4.69, 9.17) is 4.99 Å². The number of aliphatic imine (C=N–C) groups is 1. The molecule has 130 valence electrons. The number of nitrogens with zero attached hydrogens (tertiary/aromatic N) is 4. The quantitative estimate of drug-likeness (QED) is 0.616. The highest BCUT2D eigenvalue weighted by molar-refractivity contribution is 7.13. The zero-order valence-corrected chi connectivity index (χ0v) is 15.9. The third-order valence-electron chi connectivity index (χ3n) is 4.62. The molecule has 0 saturated carbocycles. The van der Waals surface area contributed by atoms with Gasteiger partial charge in [-0.15, -0.1) is 36.2 Å². The number of benzene rings is 2. The molecule has 5 rings (SSSR count). The van der Waals surface area contributed by atoms with Gasteiger partial charge in [-0.25, -0.2) is 9.98 Å². The standard InChI is InChI=1S/C18H16N4S.2ClH/c1-3-13-4-2-6-15-16(13)14(5-1)17(20-15)21-8-10-22(11-9-21)18-19-7-12-23-18;;/h1-7,12H,8-11H2;2*1H. The maximum Gasteiger partial charge on any atom is 0.185 e. The second-order valence-electron chi connectivity index (χ2n) is 5.91. The molecule has 0 bridgehead atoms. The summed E-state index contributed by atoms with van der Waals surface area (Å²) in [7, 11) is 0. The third kappa shape index (κ3) is 2.97. The first kappa shape index (κ1) is 18.0. The van der Waals surface area contributed by atoms with Gasteiger partial charge in [-0.05, 0) is 11.5 Å². The smallest absolute Gasteiger partial charge is 0.185 e. The van der Waals surface area contributed by atoms with E-state index in [1.165, 1.54) is 16.3 Å². The minimum absolute atomic E-state index is 0. The molecule has 25 heavy (non-hydrogen) atoms. The summed E-state index contributed by atoms with van der Waals surface area (Å²) in [4.78, 5) is 14.1. The first-order chi connectivity index (χ1) is 11.4. The van der Waals surface area contributed by atoms with Gasteiger partial charge in [0.2, 0.25) is 0 Å². The van der Waals surface area contributed by atoms with Crippen molar-refractivity contribution in [2.24, 2.45) is 4.99 Å². The molecule has 2 aromatic carbocycles. The molecule has 3 aromatic rings. The van der Waals surface area contributed by atoms with Gasteiger partial charge >= 0.3 is 0 Å². The SMILES string of the molecule is Cl.Cl.c1cc2c3c(cccc3c1)C(N1CCN(c3nccs3)CC1)=N2. The summed E-state index contributed by atoms with van der Waals surface area (Å²) >= 11 is 1.71. The predicted molar refractivity (Wildman–Crippen MR) is 111 cm³/mol. The fourth-order valence-corrected chi connectivity index (χ4v) is 4.19. The summed E-state index contributed by atoms with van der Waals surface area (Å²) in [5.74, 6) is 1.13. The van der Waals surface area contributed by atoms with E-state index in [9.17, 15) is 0 Å². The fourth-order valence-electron chi connectivity index (χ4n) is 3.50. The fraction of sp³-hybridized carbons (Fsp3) is 0.222. The van der Waals surface area contributed by atoms with Crippen LogP contribution in [0.25, 0.3) is 10.8 Å². The van der Waals surface area contributed by atoms with Gasteiger partial charge in [0.1, 0.15) is 5.84 Å². The van der Waals surface area contributed by atoms with Gasteiger partial charge in [-0.2, -0.15) is 0 Å². The molecule has 0 spiro atoms. The van der Waals surface area contributed by atoms with E-state index in [0.717, 1.165) is 42.8 Å². The average Bonchev–Trinajstić information content (AvgIpc) is 3.25. The molecule has 0 unspecified atom stereocenters. The second kappa shape index (κ2) is 7.20. The molecule has 1 aromatic heterocycles. The monoisotopic (exact) mass is 392 g/mol. The summed E-state index contributed by atoms with van der Waals surface area (Å²) in [6.45, 7) is 3.98. The van der Waals surface area contributed by atoms with Crippen LogP contribution in [-0.4, -0.2) is 41.9 Å². The lowest BCUT2D eigenvalue weighted by atomic mass is 10.0. The molecule has 0 aliphatic carbocycles. The van der Waals surface area contributed by atoms with Gasteiger partial charge in [0, 0.05) is 48.7 Å². The molecule has 7 heteroatoms. The van der Waals surface area contributed by atoms with Gasteiger partial charge in [-0.3, -0.25) is 0 Å². The van der Waals surface area contributed by atoms with Crippen molar-refractivity contribution in [1.82, 2.24) is 9.88 Å². The van der Waals surface area contributed by atoms with Crippen molar-refractivity contribution in [2.45, 2.75) is 0 Å². The van der Waals surface area contributed by atoms with E-state index in [1.807, 2.05) is 11.6 Å². The largest absolute Gasteiger partial charge is 0.353 e. The molecular formula is C18H18Cl2N4S. The van der Waals surface area contributed by atoms with Crippen molar-refractivity contribution in [3.8, 4) is 0 Å². The lowest BCUT2D eigenvalue weighted by Gasteiger charge is -2.35. The summed E-state index contributed by atoms with van der Waals surface area (Å²) < 4.78 is 0. The molecule has 2 aliphatic rings.